The van der Waals surface area contributed by atoms with Gasteiger partial charge in [0.2, 0.25) is 23.6 Å². The number of imide groups is 1. The first-order valence-electron chi connectivity index (χ1n) is 12.9. The van der Waals surface area contributed by atoms with Crippen molar-refractivity contribution in [2.75, 3.05) is 38.6 Å². The molecular weight excluding hydrogens is 466 g/mol. The molecule has 1 saturated heterocycles. The Bertz CT molecular complexity index is 700. The van der Waals surface area contributed by atoms with Crippen LogP contribution in [0, 0.1) is 10.8 Å². The van der Waals surface area contributed by atoms with Gasteiger partial charge < -0.3 is 15.4 Å². The smallest absolute Gasteiger partial charge is 0.242 e. The topological polar surface area (TPSA) is 105 Å². The van der Waals surface area contributed by atoms with E-state index in [1.54, 1.807) is 0 Å². The lowest BCUT2D eigenvalue weighted by atomic mass is 9.90. The van der Waals surface area contributed by atoms with Crippen molar-refractivity contribution in [3.05, 3.63) is 0 Å². The molecule has 202 valence electrons. The second kappa shape index (κ2) is 15.5. The number of carbonyl (C=O) groups is 4. The Morgan fingerprint density at radius 1 is 0.914 bits per heavy atom. The Labute approximate surface area is 216 Å². The van der Waals surface area contributed by atoms with Gasteiger partial charge in [0, 0.05) is 52.1 Å². The first-order valence-corrected chi connectivity index (χ1v) is 13.9. The van der Waals surface area contributed by atoms with E-state index in [2.05, 4.69) is 52.2 Å². The summed E-state index contributed by atoms with van der Waals surface area (Å²) in [6, 6.07) is 0. The highest BCUT2D eigenvalue weighted by atomic mass is 32.2. The summed E-state index contributed by atoms with van der Waals surface area (Å²) in [6.07, 6.45) is 4.18. The third kappa shape index (κ3) is 15.2. The number of nitrogens with one attached hydrogen (secondary N) is 2. The molecule has 4 amide bonds. The third-order valence-corrected chi connectivity index (χ3v) is 7.21. The number of unbranched alkanes of at least 4 members (excludes halogenated alkanes) is 1. The van der Waals surface area contributed by atoms with Crippen LogP contribution in [0.3, 0.4) is 0 Å². The SMILES string of the molecule is CC(C)(C)CCC(=O)NCCCOCCCCNC(=O)CCN1C(=O)CC(SCC(C)(C)C)C1=O. The summed E-state index contributed by atoms with van der Waals surface area (Å²) in [4.78, 5) is 49.7. The van der Waals surface area contributed by atoms with E-state index in [1.807, 2.05) is 0 Å². The summed E-state index contributed by atoms with van der Waals surface area (Å²) in [7, 11) is 0. The summed E-state index contributed by atoms with van der Waals surface area (Å²) >= 11 is 1.53. The quantitative estimate of drug-likeness (QED) is 0.242. The molecule has 0 radical (unpaired) electrons. The van der Waals surface area contributed by atoms with Crippen LogP contribution in [-0.2, 0) is 23.9 Å². The Morgan fingerprint density at radius 3 is 2.14 bits per heavy atom. The highest BCUT2D eigenvalue weighted by Crippen LogP contribution is 2.30. The molecule has 0 spiro atoms. The molecular formula is C26H47N3O5S. The Kier molecular flexibility index (Phi) is 13.9. The molecule has 0 bridgehead atoms. The molecule has 1 atom stereocenters. The number of amides is 4. The van der Waals surface area contributed by atoms with Crippen LogP contribution in [0.2, 0.25) is 0 Å². The highest BCUT2D eigenvalue weighted by Gasteiger charge is 2.39. The summed E-state index contributed by atoms with van der Waals surface area (Å²) in [5.74, 6) is 0.394. The van der Waals surface area contributed by atoms with Gasteiger partial charge in [-0.1, -0.05) is 41.5 Å². The molecule has 1 unspecified atom stereocenters. The van der Waals surface area contributed by atoms with Crippen molar-refractivity contribution in [2.45, 2.75) is 91.7 Å². The van der Waals surface area contributed by atoms with E-state index in [0.29, 0.717) is 32.7 Å². The fraction of sp³-hybridized carbons (Fsp3) is 0.846. The van der Waals surface area contributed by atoms with E-state index in [4.69, 9.17) is 4.74 Å². The number of hydrogen-bond donors (Lipinski definition) is 2. The molecule has 8 nitrogen and oxygen atoms in total. The van der Waals surface area contributed by atoms with Gasteiger partial charge in [-0.15, -0.1) is 11.8 Å². The zero-order chi connectivity index (χ0) is 26.5. The molecule has 0 aromatic carbocycles. The number of nitrogens with zero attached hydrogens (tertiary/aromatic N) is 1. The number of rotatable bonds is 16. The standard InChI is InChI=1S/C26H47N3O5S/c1-25(2,3)12-10-21(30)28-14-9-17-34-16-8-7-13-27-22(31)11-15-29-23(32)18-20(24(29)33)35-19-26(4,5)6/h20H,7-19H2,1-6H3,(H,27,31)(H,28,30). The zero-order valence-corrected chi connectivity index (χ0v) is 23.5. The molecule has 1 aliphatic rings. The van der Waals surface area contributed by atoms with Crippen LogP contribution >= 0.6 is 11.8 Å². The lowest BCUT2D eigenvalue weighted by Crippen LogP contribution is -2.36. The maximum absolute atomic E-state index is 12.5. The van der Waals surface area contributed by atoms with Crippen molar-refractivity contribution >= 4 is 35.4 Å². The van der Waals surface area contributed by atoms with Crippen LogP contribution in [0.4, 0.5) is 0 Å². The fourth-order valence-corrected chi connectivity index (χ4v) is 4.54. The lowest BCUT2D eigenvalue weighted by Gasteiger charge is -2.19. The molecule has 1 aliphatic heterocycles. The summed E-state index contributed by atoms with van der Waals surface area (Å²) in [5, 5.41) is 5.44. The van der Waals surface area contributed by atoms with Gasteiger partial charge in [-0.25, -0.2) is 0 Å². The molecule has 2 N–H and O–H groups in total. The highest BCUT2D eigenvalue weighted by molar-refractivity contribution is 8.00. The first kappa shape index (κ1) is 31.4. The van der Waals surface area contributed by atoms with E-state index in [9.17, 15) is 19.2 Å². The van der Waals surface area contributed by atoms with Gasteiger partial charge in [-0.05, 0) is 42.3 Å². The minimum atomic E-state index is -0.325. The molecule has 0 aromatic rings. The van der Waals surface area contributed by atoms with Crippen molar-refractivity contribution in [2.24, 2.45) is 10.8 Å². The van der Waals surface area contributed by atoms with Gasteiger partial charge in [-0.3, -0.25) is 24.1 Å². The number of likely N-dealkylation sites (tertiary alicyclic amines) is 1. The van der Waals surface area contributed by atoms with E-state index in [0.717, 1.165) is 31.4 Å². The monoisotopic (exact) mass is 513 g/mol. The van der Waals surface area contributed by atoms with E-state index in [-0.39, 0.29) is 59.1 Å². The van der Waals surface area contributed by atoms with Crippen LogP contribution < -0.4 is 10.6 Å². The Hall–Kier alpha value is -1.61. The van der Waals surface area contributed by atoms with Crippen molar-refractivity contribution in [1.29, 1.82) is 0 Å². The molecule has 1 fully saturated rings. The van der Waals surface area contributed by atoms with Crippen molar-refractivity contribution in [3.63, 3.8) is 0 Å². The predicted octanol–water partition coefficient (Wildman–Crippen LogP) is 3.53. The van der Waals surface area contributed by atoms with Crippen molar-refractivity contribution in [1.82, 2.24) is 15.5 Å². The predicted molar refractivity (Wildman–Crippen MR) is 141 cm³/mol. The van der Waals surface area contributed by atoms with Crippen LogP contribution in [0.5, 0.6) is 0 Å². The zero-order valence-electron chi connectivity index (χ0n) is 22.7. The lowest BCUT2D eigenvalue weighted by molar-refractivity contribution is -0.138. The fourth-order valence-electron chi connectivity index (χ4n) is 3.31. The second-order valence-corrected chi connectivity index (χ2v) is 12.8. The number of hydrogen-bond acceptors (Lipinski definition) is 6. The first-order chi connectivity index (χ1) is 16.3. The van der Waals surface area contributed by atoms with Crippen LogP contribution in [0.25, 0.3) is 0 Å². The van der Waals surface area contributed by atoms with E-state index >= 15 is 0 Å². The maximum Gasteiger partial charge on any atom is 0.242 e. The van der Waals surface area contributed by atoms with Crippen LogP contribution in [0.1, 0.15) is 86.5 Å². The molecule has 0 aliphatic carbocycles. The average Bonchev–Trinajstić information content (AvgIpc) is 3.02. The summed E-state index contributed by atoms with van der Waals surface area (Å²) in [6.45, 7) is 15.2. The molecule has 1 rings (SSSR count). The summed E-state index contributed by atoms with van der Waals surface area (Å²) < 4.78 is 5.58. The van der Waals surface area contributed by atoms with Gasteiger partial charge in [0.15, 0.2) is 0 Å². The molecule has 0 aromatic heterocycles. The maximum atomic E-state index is 12.5. The molecule has 0 saturated carbocycles. The second-order valence-electron chi connectivity index (χ2n) is 11.6. The van der Waals surface area contributed by atoms with Gasteiger partial charge >= 0.3 is 0 Å². The van der Waals surface area contributed by atoms with Crippen molar-refractivity contribution in [3.8, 4) is 0 Å². The Morgan fingerprint density at radius 2 is 1.51 bits per heavy atom. The van der Waals surface area contributed by atoms with Gasteiger partial charge in [-0.2, -0.15) is 0 Å². The van der Waals surface area contributed by atoms with Gasteiger partial charge in [0.1, 0.15) is 0 Å². The summed E-state index contributed by atoms with van der Waals surface area (Å²) in [5.41, 5.74) is 0.260. The normalized spacial score (nSPS) is 16.6. The number of thioether (sulfide) groups is 1. The molecule has 9 heteroatoms. The van der Waals surface area contributed by atoms with Gasteiger partial charge in [0.05, 0.1) is 5.25 Å². The minimum Gasteiger partial charge on any atom is -0.381 e. The minimum absolute atomic E-state index is 0.0911. The van der Waals surface area contributed by atoms with Crippen LogP contribution in [0.15, 0.2) is 0 Å². The average molecular weight is 514 g/mol. The van der Waals surface area contributed by atoms with E-state index < -0.39 is 0 Å². The Balaban J connectivity index is 2.02. The van der Waals surface area contributed by atoms with E-state index in [1.165, 1.54) is 16.7 Å². The number of carbonyl (C=O) groups excluding carboxylic acids is 4. The molecule has 1 heterocycles. The van der Waals surface area contributed by atoms with Gasteiger partial charge in [0.25, 0.3) is 0 Å². The largest absolute Gasteiger partial charge is 0.381 e. The molecule has 35 heavy (non-hydrogen) atoms. The number of ether oxygens (including phenoxy) is 1. The van der Waals surface area contributed by atoms with Crippen molar-refractivity contribution < 1.29 is 23.9 Å². The third-order valence-electron chi connectivity index (χ3n) is 5.41. The van der Waals surface area contributed by atoms with Crippen LogP contribution in [-0.4, -0.2) is 72.4 Å².